The van der Waals surface area contributed by atoms with Gasteiger partial charge in [-0.15, -0.1) is 0 Å². The molecule has 1 N–H and O–H groups in total. The van der Waals surface area contributed by atoms with Crippen LogP contribution in [-0.2, 0) is 30.9 Å². The zero-order valence-electron chi connectivity index (χ0n) is 16.9. The number of piperidine rings is 1. The van der Waals surface area contributed by atoms with Crippen molar-refractivity contribution in [3.63, 3.8) is 0 Å². The van der Waals surface area contributed by atoms with Crippen LogP contribution in [0.5, 0.6) is 0 Å². The van der Waals surface area contributed by atoms with Gasteiger partial charge in [0, 0.05) is 43.5 Å². The number of aryl methyl sites for hydroxylation is 1. The van der Waals surface area contributed by atoms with Crippen molar-refractivity contribution < 1.29 is 13.9 Å². The molecule has 7 nitrogen and oxygen atoms in total. The summed E-state index contributed by atoms with van der Waals surface area (Å²) < 4.78 is 21.4. The van der Waals surface area contributed by atoms with Crippen LogP contribution in [-0.4, -0.2) is 51.8 Å². The van der Waals surface area contributed by atoms with E-state index in [-0.39, 0.29) is 11.5 Å². The van der Waals surface area contributed by atoms with Gasteiger partial charge in [-0.2, -0.15) is 5.10 Å². The average molecular weight is 401 g/mol. The van der Waals surface area contributed by atoms with E-state index in [1.165, 1.54) is 23.5 Å². The topological polar surface area (TPSA) is 72.3 Å². The molecule has 0 aliphatic carbocycles. The molecular formula is C21H28FN5O2. The third-order valence-corrected chi connectivity index (χ3v) is 5.93. The highest BCUT2D eigenvalue weighted by atomic mass is 19.1. The highest BCUT2D eigenvalue weighted by Crippen LogP contribution is 2.24. The average Bonchev–Trinajstić information content (AvgIpc) is 3.11. The monoisotopic (exact) mass is 401 g/mol. The maximum Gasteiger partial charge on any atom is 0.254 e. The second-order valence-corrected chi connectivity index (χ2v) is 7.78. The number of likely N-dealkylation sites (tertiary alicyclic amines) is 1. The number of carbonyl (C=O) groups is 1. The van der Waals surface area contributed by atoms with E-state index in [0.717, 1.165) is 63.9 Å². The summed E-state index contributed by atoms with van der Waals surface area (Å²) in [6.07, 6.45) is 5.45. The summed E-state index contributed by atoms with van der Waals surface area (Å²) in [5.41, 5.74) is 3.79. The quantitative estimate of drug-likeness (QED) is 0.803. The van der Waals surface area contributed by atoms with Gasteiger partial charge in [-0.1, -0.05) is 0 Å². The third-order valence-electron chi connectivity index (χ3n) is 5.93. The molecule has 156 valence electrons. The lowest BCUT2D eigenvalue weighted by molar-refractivity contribution is 0.0930. The van der Waals surface area contributed by atoms with E-state index in [2.05, 4.69) is 26.8 Å². The van der Waals surface area contributed by atoms with Gasteiger partial charge in [-0.25, -0.2) is 4.39 Å². The Morgan fingerprint density at radius 3 is 2.97 bits per heavy atom. The van der Waals surface area contributed by atoms with E-state index in [1.807, 2.05) is 0 Å². The number of nitrogens with zero attached hydrogens (tertiary/aromatic N) is 4. The number of ether oxygens (including phenoxy) is 1. The van der Waals surface area contributed by atoms with Crippen LogP contribution in [0.1, 0.15) is 47.1 Å². The van der Waals surface area contributed by atoms with E-state index < -0.39 is 5.82 Å². The molecule has 1 saturated heterocycles. The summed E-state index contributed by atoms with van der Waals surface area (Å²) in [7, 11) is 0. The first kappa shape index (κ1) is 20.0. The predicted octanol–water partition coefficient (Wildman–Crippen LogP) is 2.15. The van der Waals surface area contributed by atoms with Crippen LogP contribution in [0.2, 0.25) is 0 Å². The number of halogens is 1. The van der Waals surface area contributed by atoms with Gasteiger partial charge in [0.15, 0.2) is 5.82 Å². The Balaban J connectivity index is 1.27. The molecule has 1 amide bonds. The Hall–Kier alpha value is -2.32. The van der Waals surface area contributed by atoms with Gasteiger partial charge in [0.1, 0.15) is 0 Å². The first-order chi connectivity index (χ1) is 14.2. The Morgan fingerprint density at radius 2 is 2.21 bits per heavy atom. The standard InChI is InChI=1S/C21H28FN5O2/c1-2-27-20-6-10-29-14-17(20)19(25-27)13-26-8-4-15(5-9-26)11-24-21(28)16-3-7-23-12-18(16)22/h3,7,12,15H,2,4-6,8-11,13-14H2,1H3,(H,24,28). The Bertz CT molecular complexity index is 861. The number of hydrogen-bond donors (Lipinski definition) is 1. The lowest BCUT2D eigenvalue weighted by Crippen LogP contribution is -2.38. The number of pyridine rings is 1. The number of hydrogen-bond acceptors (Lipinski definition) is 5. The summed E-state index contributed by atoms with van der Waals surface area (Å²) in [6, 6.07) is 1.41. The third kappa shape index (κ3) is 4.48. The molecule has 4 rings (SSSR count). The van der Waals surface area contributed by atoms with Crippen molar-refractivity contribution in [1.82, 2.24) is 25.0 Å². The molecular weight excluding hydrogens is 373 g/mol. The Kier molecular flexibility index (Phi) is 6.20. The fourth-order valence-electron chi connectivity index (χ4n) is 4.22. The molecule has 0 unspecified atom stereocenters. The minimum absolute atomic E-state index is 0.0518. The second kappa shape index (κ2) is 9.00. The molecule has 0 saturated carbocycles. The Labute approximate surface area is 170 Å². The number of amides is 1. The molecule has 1 fully saturated rings. The van der Waals surface area contributed by atoms with Crippen molar-refractivity contribution in [3.8, 4) is 0 Å². The largest absolute Gasteiger partial charge is 0.376 e. The minimum atomic E-state index is -0.585. The molecule has 2 aliphatic heterocycles. The molecule has 2 aliphatic rings. The molecule has 4 heterocycles. The zero-order valence-corrected chi connectivity index (χ0v) is 16.9. The van der Waals surface area contributed by atoms with Gasteiger partial charge in [-0.05, 0) is 44.8 Å². The van der Waals surface area contributed by atoms with Crippen LogP contribution in [0.4, 0.5) is 4.39 Å². The summed E-state index contributed by atoms with van der Waals surface area (Å²) in [5, 5.41) is 7.69. The summed E-state index contributed by atoms with van der Waals surface area (Å²) in [6.45, 7) is 7.82. The van der Waals surface area contributed by atoms with E-state index in [1.54, 1.807) is 0 Å². The Morgan fingerprint density at radius 1 is 1.38 bits per heavy atom. The van der Waals surface area contributed by atoms with Gasteiger partial charge in [0.2, 0.25) is 0 Å². The van der Waals surface area contributed by atoms with Crippen molar-refractivity contribution in [2.24, 2.45) is 5.92 Å². The molecule has 0 aromatic carbocycles. The van der Waals surface area contributed by atoms with Crippen molar-refractivity contribution in [2.75, 3.05) is 26.2 Å². The van der Waals surface area contributed by atoms with Crippen LogP contribution in [0, 0.1) is 11.7 Å². The van der Waals surface area contributed by atoms with Gasteiger partial charge in [0.25, 0.3) is 5.91 Å². The van der Waals surface area contributed by atoms with E-state index in [9.17, 15) is 9.18 Å². The van der Waals surface area contributed by atoms with Crippen LogP contribution in [0.25, 0.3) is 0 Å². The van der Waals surface area contributed by atoms with E-state index in [4.69, 9.17) is 9.84 Å². The fraction of sp³-hybridized carbons (Fsp3) is 0.571. The normalized spacial score (nSPS) is 17.9. The van der Waals surface area contributed by atoms with Crippen molar-refractivity contribution in [3.05, 3.63) is 46.8 Å². The molecule has 2 aromatic heterocycles. The molecule has 0 atom stereocenters. The second-order valence-electron chi connectivity index (χ2n) is 7.78. The lowest BCUT2D eigenvalue weighted by atomic mass is 9.96. The fourth-order valence-corrected chi connectivity index (χ4v) is 4.22. The molecule has 8 heteroatoms. The first-order valence-electron chi connectivity index (χ1n) is 10.4. The summed E-state index contributed by atoms with van der Waals surface area (Å²) >= 11 is 0. The highest BCUT2D eigenvalue weighted by Gasteiger charge is 2.25. The van der Waals surface area contributed by atoms with Crippen LogP contribution in [0.3, 0.4) is 0 Å². The smallest absolute Gasteiger partial charge is 0.254 e. The SMILES string of the molecule is CCn1nc(CN2CCC(CNC(=O)c3ccncc3F)CC2)c2c1CCOC2. The van der Waals surface area contributed by atoms with Gasteiger partial charge >= 0.3 is 0 Å². The zero-order chi connectivity index (χ0) is 20.2. The number of fused-ring (bicyclic) bond motifs is 1. The van der Waals surface area contributed by atoms with Gasteiger partial charge < -0.3 is 10.1 Å². The van der Waals surface area contributed by atoms with E-state index >= 15 is 0 Å². The number of carbonyl (C=O) groups excluding carboxylic acids is 1. The number of rotatable bonds is 6. The lowest BCUT2D eigenvalue weighted by Gasteiger charge is -2.31. The molecule has 29 heavy (non-hydrogen) atoms. The highest BCUT2D eigenvalue weighted by molar-refractivity contribution is 5.94. The maximum atomic E-state index is 13.7. The van der Waals surface area contributed by atoms with Crippen LogP contribution >= 0.6 is 0 Å². The van der Waals surface area contributed by atoms with E-state index in [0.29, 0.717) is 19.1 Å². The summed E-state index contributed by atoms with van der Waals surface area (Å²) in [4.78, 5) is 18.3. The molecule has 2 aromatic rings. The van der Waals surface area contributed by atoms with Crippen molar-refractivity contribution >= 4 is 5.91 Å². The molecule has 0 radical (unpaired) electrons. The first-order valence-corrected chi connectivity index (χ1v) is 10.4. The number of nitrogens with one attached hydrogen (secondary N) is 1. The minimum Gasteiger partial charge on any atom is -0.376 e. The van der Waals surface area contributed by atoms with Crippen LogP contribution in [0.15, 0.2) is 18.5 Å². The molecule has 0 bridgehead atoms. The number of aromatic nitrogens is 3. The van der Waals surface area contributed by atoms with Crippen molar-refractivity contribution in [1.29, 1.82) is 0 Å². The maximum absolute atomic E-state index is 13.7. The van der Waals surface area contributed by atoms with Gasteiger partial charge in [0.05, 0.1) is 30.7 Å². The van der Waals surface area contributed by atoms with Gasteiger partial charge in [-0.3, -0.25) is 19.4 Å². The molecule has 0 spiro atoms. The van der Waals surface area contributed by atoms with Crippen molar-refractivity contribution in [2.45, 2.75) is 45.9 Å². The summed E-state index contributed by atoms with van der Waals surface area (Å²) in [5.74, 6) is -0.548. The van der Waals surface area contributed by atoms with Crippen LogP contribution < -0.4 is 5.32 Å². The predicted molar refractivity (Wildman–Crippen MR) is 106 cm³/mol.